The lowest BCUT2D eigenvalue weighted by atomic mass is 10.0. The molecule has 2 aliphatic carbocycles. The Balaban J connectivity index is 1.83. The Hall–Kier alpha value is -1.07. The summed E-state index contributed by atoms with van der Waals surface area (Å²) >= 11 is 0. The summed E-state index contributed by atoms with van der Waals surface area (Å²) in [5.41, 5.74) is 8.16. The molecular formula is C15H22N2O2S. The first-order chi connectivity index (χ1) is 9.36. The van der Waals surface area contributed by atoms with Crippen molar-refractivity contribution >= 4 is 15.7 Å². The molecule has 20 heavy (non-hydrogen) atoms. The Morgan fingerprint density at radius 2 is 1.95 bits per heavy atom. The third kappa shape index (κ3) is 2.33. The molecule has 2 fully saturated rings. The summed E-state index contributed by atoms with van der Waals surface area (Å²) in [6.45, 7) is 4.28. The molecule has 0 radical (unpaired) electrons. The molecule has 1 aromatic rings. The molecule has 110 valence electrons. The number of nitrogen functional groups attached to an aromatic ring is 1. The van der Waals surface area contributed by atoms with Crippen LogP contribution in [0.5, 0.6) is 0 Å². The molecule has 0 amide bonds. The molecule has 0 saturated heterocycles. The molecule has 0 heterocycles. The monoisotopic (exact) mass is 294 g/mol. The molecule has 3 N–H and O–H groups in total. The van der Waals surface area contributed by atoms with Crippen molar-refractivity contribution in [2.24, 2.45) is 11.3 Å². The van der Waals surface area contributed by atoms with Crippen LogP contribution in [-0.4, -0.2) is 15.0 Å². The summed E-state index contributed by atoms with van der Waals surface area (Å²) in [5.74, 6) is 0.737. The van der Waals surface area contributed by atoms with Crippen LogP contribution in [0.3, 0.4) is 0 Å². The van der Waals surface area contributed by atoms with E-state index >= 15 is 0 Å². The van der Waals surface area contributed by atoms with Crippen molar-refractivity contribution in [2.75, 3.05) is 12.3 Å². The third-order valence-corrected chi connectivity index (χ3v) is 6.53. The molecule has 0 unspecified atom stereocenters. The number of nitrogens with two attached hydrogens (primary N) is 1. The van der Waals surface area contributed by atoms with Gasteiger partial charge in [0.1, 0.15) is 4.90 Å². The number of benzene rings is 1. The highest BCUT2D eigenvalue weighted by Gasteiger charge is 2.53. The highest BCUT2D eigenvalue weighted by atomic mass is 32.2. The minimum atomic E-state index is -3.52. The van der Waals surface area contributed by atoms with E-state index in [1.54, 1.807) is 6.07 Å². The van der Waals surface area contributed by atoms with Gasteiger partial charge in [0.15, 0.2) is 0 Å². The maximum absolute atomic E-state index is 12.6. The molecule has 4 nitrogen and oxygen atoms in total. The van der Waals surface area contributed by atoms with E-state index < -0.39 is 10.0 Å². The zero-order valence-corrected chi connectivity index (χ0v) is 12.9. The molecule has 2 saturated carbocycles. The number of sulfonamides is 1. The maximum atomic E-state index is 12.6. The molecule has 0 aromatic heterocycles. The number of hydrogen-bond donors (Lipinski definition) is 2. The summed E-state index contributed by atoms with van der Waals surface area (Å²) in [4.78, 5) is 0.254. The highest BCUT2D eigenvalue weighted by molar-refractivity contribution is 7.89. The minimum absolute atomic E-state index is 0.250. The normalized spacial score (nSPS) is 20.9. The van der Waals surface area contributed by atoms with Crippen molar-refractivity contribution in [3.8, 4) is 0 Å². The van der Waals surface area contributed by atoms with E-state index in [0.29, 0.717) is 12.2 Å². The summed E-state index contributed by atoms with van der Waals surface area (Å²) < 4.78 is 27.9. The Bertz CT molecular complexity index is 644. The first-order valence-corrected chi connectivity index (χ1v) is 8.69. The van der Waals surface area contributed by atoms with Gasteiger partial charge in [0.05, 0.1) is 5.69 Å². The molecule has 0 aliphatic heterocycles. The third-order valence-electron chi connectivity index (χ3n) is 4.93. The second-order valence-electron chi connectivity index (χ2n) is 6.39. The SMILES string of the molecule is Cc1ccc(N)c(S(=O)(=O)NCC2(C3CC3)CC2)c1C. The quantitative estimate of drug-likeness (QED) is 0.819. The smallest absolute Gasteiger partial charge is 0.242 e. The molecule has 1 aromatic carbocycles. The van der Waals surface area contributed by atoms with Crippen molar-refractivity contribution in [3.05, 3.63) is 23.3 Å². The summed E-state index contributed by atoms with van der Waals surface area (Å²) in [5, 5.41) is 0. The lowest BCUT2D eigenvalue weighted by Gasteiger charge is -2.17. The van der Waals surface area contributed by atoms with Gasteiger partial charge in [0.2, 0.25) is 10.0 Å². The highest BCUT2D eigenvalue weighted by Crippen LogP contribution is 2.60. The molecule has 3 rings (SSSR count). The zero-order valence-electron chi connectivity index (χ0n) is 12.1. The Morgan fingerprint density at radius 1 is 1.30 bits per heavy atom. The van der Waals surface area contributed by atoms with Crippen molar-refractivity contribution in [2.45, 2.75) is 44.4 Å². The Morgan fingerprint density at radius 3 is 2.50 bits per heavy atom. The van der Waals surface area contributed by atoms with Gasteiger partial charge in [-0.05, 0) is 68.1 Å². The lowest BCUT2D eigenvalue weighted by Crippen LogP contribution is -2.32. The first kappa shape index (κ1) is 13.9. The van der Waals surface area contributed by atoms with Crippen LogP contribution in [-0.2, 0) is 10.0 Å². The zero-order chi connectivity index (χ0) is 14.5. The fourth-order valence-electron chi connectivity index (χ4n) is 3.06. The van der Waals surface area contributed by atoms with Gasteiger partial charge in [-0.3, -0.25) is 0 Å². The summed E-state index contributed by atoms with van der Waals surface area (Å²) in [6, 6.07) is 3.53. The number of aryl methyl sites for hydroxylation is 1. The van der Waals surface area contributed by atoms with Crippen molar-refractivity contribution in [1.29, 1.82) is 0 Å². The van der Waals surface area contributed by atoms with E-state index in [4.69, 9.17) is 5.73 Å². The average Bonchev–Trinajstić information content (AvgIpc) is 3.25. The first-order valence-electron chi connectivity index (χ1n) is 7.21. The van der Waals surface area contributed by atoms with Gasteiger partial charge in [-0.2, -0.15) is 0 Å². The van der Waals surface area contributed by atoms with Crippen LogP contribution in [0.1, 0.15) is 36.8 Å². The Labute approximate surface area is 120 Å². The predicted molar refractivity (Wildman–Crippen MR) is 79.9 cm³/mol. The van der Waals surface area contributed by atoms with Crippen LogP contribution in [0, 0.1) is 25.2 Å². The predicted octanol–water partition coefficient (Wildman–Crippen LogP) is 2.35. The van der Waals surface area contributed by atoms with Gasteiger partial charge >= 0.3 is 0 Å². The maximum Gasteiger partial charge on any atom is 0.242 e. The topological polar surface area (TPSA) is 72.2 Å². The number of rotatable bonds is 5. The van der Waals surface area contributed by atoms with Crippen LogP contribution >= 0.6 is 0 Å². The van der Waals surface area contributed by atoms with Crippen molar-refractivity contribution in [3.63, 3.8) is 0 Å². The lowest BCUT2D eigenvalue weighted by molar-refractivity contribution is 0.432. The van der Waals surface area contributed by atoms with Crippen LogP contribution < -0.4 is 10.5 Å². The van der Waals surface area contributed by atoms with E-state index in [-0.39, 0.29) is 10.3 Å². The molecule has 0 atom stereocenters. The molecule has 0 bridgehead atoms. The van der Waals surface area contributed by atoms with E-state index in [0.717, 1.165) is 29.9 Å². The van der Waals surface area contributed by atoms with Gasteiger partial charge in [0.25, 0.3) is 0 Å². The molecule has 0 spiro atoms. The second kappa shape index (κ2) is 4.46. The van der Waals surface area contributed by atoms with E-state index in [1.165, 1.54) is 12.8 Å². The van der Waals surface area contributed by atoms with E-state index in [1.807, 2.05) is 19.9 Å². The summed E-state index contributed by atoms with van der Waals surface area (Å²) in [7, 11) is -3.52. The van der Waals surface area contributed by atoms with Crippen LogP contribution in [0.25, 0.3) is 0 Å². The fourth-order valence-corrected chi connectivity index (χ4v) is 4.63. The van der Waals surface area contributed by atoms with Crippen molar-refractivity contribution < 1.29 is 8.42 Å². The number of nitrogens with one attached hydrogen (secondary N) is 1. The van der Waals surface area contributed by atoms with Crippen LogP contribution in [0.4, 0.5) is 5.69 Å². The van der Waals surface area contributed by atoms with Gasteiger partial charge in [-0.15, -0.1) is 0 Å². The van der Waals surface area contributed by atoms with Gasteiger partial charge in [-0.1, -0.05) is 6.07 Å². The minimum Gasteiger partial charge on any atom is -0.398 e. The Kier molecular flexibility index (Phi) is 3.10. The number of anilines is 1. The van der Waals surface area contributed by atoms with Crippen LogP contribution in [0.2, 0.25) is 0 Å². The summed E-state index contributed by atoms with van der Waals surface area (Å²) in [6.07, 6.45) is 4.83. The average molecular weight is 294 g/mol. The van der Waals surface area contributed by atoms with E-state index in [9.17, 15) is 8.42 Å². The van der Waals surface area contributed by atoms with Gasteiger partial charge in [-0.25, -0.2) is 13.1 Å². The molecule has 5 heteroatoms. The van der Waals surface area contributed by atoms with Crippen molar-refractivity contribution in [1.82, 2.24) is 4.72 Å². The number of hydrogen-bond acceptors (Lipinski definition) is 3. The molecular weight excluding hydrogens is 272 g/mol. The van der Waals surface area contributed by atoms with Crippen LogP contribution in [0.15, 0.2) is 17.0 Å². The standard InChI is InChI=1S/C15H22N2O2S/c1-10-3-6-13(16)14(11(10)2)20(18,19)17-9-15(7-8-15)12-4-5-12/h3,6,12,17H,4-5,7-9,16H2,1-2H3. The fraction of sp³-hybridized carbons (Fsp3) is 0.600. The molecule has 2 aliphatic rings. The van der Waals surface area contributed by atoms with E-state index in [2.05, 4.69) is 4.72 Å². The van der Waals surface area contributed by atoms with Gasteiger partial charge in [0, 0.05) is 6.54 Å². The second-order valence-corrected chi connectivity index (χ2v) is 8.09. The van der Waals surface area contributed by atoms with Gasteiger partial charge < -0.3 is 5.73 Å². The largest absolute Gasteiger partial charge is 0.398 e.